The maximum atomic E-state index is 6.65. The lowest BCUT2D eigenvalue weighted by molar-refractivity contribution is 0.287. The quantitative estimate of drug-likeness (QED) is 0.189. The Bertz CT molecular complexity index is 1260. The third kappa shape index (κ3) is 7.08. The van der Waals surface area contributed by atoms with Crippen LogP contribution in [-0.2, 0) is 19.8 Å². The molecule has 0 unspecified atom stereocenters. The van der Waals surface area contributed by atoms with Gasteiger partial charge in [-0.05, 0) is 46.2 Å². The molecule has 1 aromatic heterocycles. The fourth-order valence-corrected chi connectivity index (χ4v) is 4.58. The van der Waals surface area contributed by atoms with Crippen molar-refractivity contribution in [2.75, 3.05) is 20.1 Å². The summed E-state index contributed by atoms with van der Waals surface area (Å²) in [6, 6.07) is 24.1. The first kappa shape index (κ1) is 26.2. The summed E-state index contributed by atoms with van der Waals surface area (Å²) in [7, 11) is 1.93. The summed E-state index contributed by atoms with van der Waals surface area (Å²) in [6.07, 6.45) is 3.55. The Labute approximate surface area is 226 Å². The topological polar surface area (TPSA) is 55.4 Å². The number of hydrogen-bond acceptors (Lipinski definition) is 5. The number of hydrogen-bond donors (Lipinski definition) is 2. The van der Waals surface area contributed by atoms with Gasteiger partial charge in [0.05, 0.1) is 5.02 Å². The van der Waals surface area contributed by atoms with E-state index in [1.54, 1.807) is 12.4 Å². The van der Waals surface area contributed by atoms with Crippen molar-refractivity contribution in [2.24, 2.45) is 0 Å². The number of halogens is 2. The van der Waals surface area contributed by atoms with Gasteiger partial charge in [-0.15, -0.1) is 0 Å². The van der Waals surface area contributed by atoms with E-state index in [0.717, 1.165) is 51.1 Å². The molecule has 1 heterocycles. The lowest BCUT2D eigenvalue weighted by Gasteiger charge is -2.17. The molecule has 36 heavy (non-hydrogen) atoms. The summed E-state index contributed by atoms with van der Waals surface area (Å²) in [5, 5.41) is 7.10. The Morgan fingerprint density at radius 1 is 0.861 bits per heavy atom. The number of benzene rings is 3. The van der Waals surface area contributed by atoms with E-state index in [0.29, 0.717) is 30.5 Å². The second kappa shape index (κ2) is 13.4. The minimum absolute atomic E-state index is 0.364. The van der Waals surface area contributed by atoms with Crippen LogP contribution in [0.5, 0.6) is 11.5 Å². The van der Waals surface area contributed by atoms with Crippen LogP contribution in [0.4, 0.5) is 0 Å². The van der Waals surface area contributed by atoms with Crippen LogP contribution in [0.1, 0.15) is 16.7 Å². The average molecular weight is 567 g/mol. The highest BCUT2D eigenvalue weighted by molar-refractivity contribution is 9.10. The summed E-state index contributed by atoms with van der Waals surface area (Å²) < 4.78 is 13.4. The van der Waals surface area contributed by atoms with E-state index in [2.05, 4.69) is 49.7 Å². The minimum Gasteiger partial charge on any atom is -0.488 e. The molecule has 186 valence electrons. The van der Waals surface area contributed by atoms with Gasteiger partial charge in [-0.25, -0.2) is 0 Å². The molecule has 0 saturated carbocycles. The zero-order chi connectivity index (χ0) is 25.2. The molecule has 5 nitrogen and oxygen atoms in total. The Morgan fingerprint density at radius 3 is 2.47 bits per heavy atom. The minimum atomic E-state index is 0.364. The molecule has 0 atom stereocenters. The lowest BCUT2D eigenvalue weighted by Crippen LogP contribution is -2.24. The molecule has 4 aromatic rings. The highest BCUT2D eigenvalue weighted by atomic mass is 79.9. The third-order valence-corrected chi connectivity index (χ3v) is 6.88. The van der Waals surface area contributed by atoms with Crippen molar-refractivity contribution in [3.8, 4) is 22.6 Å². The van der Waals surface area contributed by atoms with Gasteiger partial charge in [0.2, 0.25) is 0 Å². The molecule has 4 rings (SSSR count). The number of nitrogens with one attached hydrogen (secondary N) is 2. The number of rotatable bonds is 12. The largest absolute Gasteiger partial charge is 0.488 e. The smallest absolute Gasteiger partial charge is 0.142 e. The first-order valence-corrected chi connectivity index (χ1v) is 13.0. The number of ether oxygens (including phenoxy) is 2. The van der Waals surface area contributed by atoms with E-state index >= 15 is 0 Å². The monoisotopic (exact) mass is 565 g/mol. The van der Waals surface area contributed by atoms with E-state index < -0.39 is 0 Å². The average Bonchev–Trinajstić information content (AvgIpc) is 2.91. The van der Waals surface area contributed by atoms with Crippen LogP contribution in [0.3, 0.4) is 0 Å². The summed E-state index contributed by atoms with van der Waals surface area (Å²) in [5.74, 6) is 1.31. The summed E-state index contributed by atoms with van der Waals surface area (Å²) in [4.78, 5) is 4.17. The molecule has 2 N–H and O–H groups in total. The van der Waals surface area contributed by atoms with Crippen molar-refractivity contribution in [1.29, 1.82) is 0 Å². The van der Waals surface area contributed by atoms with Gasteiger partial charge < -0.3 is 20.1 Å². The van der Waals surface area contributed by atoms with Crippen molar-refractivity contribution in [2.45, 2.75) is 19.8 Å². The van der Waals surface area contributed by atoms with Crippen molar-refractivity contribution < 1.29 is 9.47 Å². The van der Waals surface area contributed by atoms with Crippen molar-refractivity contribution in [1.82, 2.24) is 15.6 Å². The standard InChI is InChI=1S/C29H29BrClN3O2/c1-32-13-14-34-18-24-15-26(31)28(16-27(24)35-19-21-7-6-12-33-17-21)36-20-23-10-5-11-25(29(23)30)22-8-3-2-4-9-22/h2-12,15-17,32,34H,13-14,18-20H2,1H3. The van der Waals surface area contributed by atoms with Crippen LogP contribution in [-0.4, -0.2) is 25.1 Å². The van der Waals surface area contributed by atoms with Crippen LogP contribution < -0.4 is 20.1 Å². The summed E-state index contributed by atoms with van der Waals surface area (Å²) in [5.41, 5.74) is 5.25. The Morgan fingerprint density at radius 2 is 1.69 bits per heavy atom. The molecular weight excluding hydrogens is 538 g/mol. The van der Waals surface area contributed by atoms with E-state index in [4.69, 9.17) is 21.1 Å². The molecular formula is C29H29BrClN3O2. The molecule has 3 aromatic carbocycles. The Kier molecular flexibility index (Phi) is 9.76. The molecule has 0 spiro atoms. The van der Waals surface area contributed by atoms with Crippen molar-refractivity contribution in [3.05, 3.63) is 111 Å². The molecule has 7 heteroatoms. The summed E-state index contributed by atoms with van der Waals surface area (Å²) in [6.45, 7) is 3.11. The van der Waals surface area contributed by atoms with Gasteiger partial charge in [0.25, 0.3) is 0 Å². The Balaban J connectivity index is 1.53. The van der Waals surface area contributed by atoms with Gasteiger partial charge in [-0.3, -0.25) is 4.98 Å². The van der Waals surface area contributed by atoms with Gasteiger partial charge in [-0.1, -0.05) is 66.2 Å². The Hall–Kier alpha value is -2.90. The van der Waals surface area contributed by atoms with Gasteiger partial charge in [-0.2, -0.15) is 0 Å². The maximum absolute atomic E-state index is 6.65. The van der Waals surface area contributed by atoms with E-state index in [-0.39, 0.29) is 0 Å². The van der Waals surface area contributed by atoms with Gasteiger partial charge in [0, 0.05) is 59.3 Å². The number of likely N-dealkylation sites (N-methyl/N-ethyl adjacent to an activating group) is 1. The number of pyridine rings is 1. The highest BCUT2D eigenvalue weighted by Gasteiger charge is 2.14. The van der Waals surface area contributed by atoms with Gasteiger partial charge in [0.1, 0.15) is 24.7 Å². The van der Waals surface area contributed by atoms with Crippen LogP contribution in [0.25, 0.3) is 11.1 Å². The molecule has 0 aliphatic rings. The molecule has 0 bridgehead atoms. The van der Waals surface area contributed by atoms with Crippen molar-refractivity contribution in [3.63, 3.8) is 0 Å². The molecule has 0 amide bonds. The SMILES string of the molecule is CNCCNCc1cc(Cl)c(OCc2cccc(-c3ccccc3)c2Br)cc1OCc1cccnc1. The van der Waals surface area contributed by atoms with Gasteiger partial charge in [0.15, 0.2) is 0 Å². The fourth-order valence-electron chi connectivity index (χ4n) is 3.73. The van der Waals surface area contributed by atoms with Crippen LogP contribution in [0, 0.1) is 0 Å². The predicted molar refractivity (Wildman–Crippen MR) is 150 cm³/mol. The van der Waals surface area contributed by atoms with Crippen molar-refractivity contribution >= 4 is 27.5 Å². The second-order valence-corrected chi connectivity index (χ2v) is 9.45. The normalized spacial score (nSPS) is 10.9. The van der Waals surface area contributed by atoms with Crippen LogP contribution >= 0.6 is 27.5 Å². The zero-order valence-electron chi connectivity index (χ0n) is 20.1. The molecule has 0 aliphatic heterocycles. The molecule has 0 fully saturated rings. The maximum Gasteiger partial charge on any atom is 0.142 e. The van der Waals surface area contributed by atoms with E-state index in [1.807, 2.05) is 61.6 Å². The third-order valence-electron chi connectivity index (χ3n) is 5.65. The van der Waals surface area contributed by atoms with E-state index in [9.17, 15) is 0 Å². The highest BCUT2D eigenvalue weighted by Crippen LogP contribution is 2.36. The first-order valence-electron chi connectivity index (χ1n) is 11.8. The lowest BCUT2D eigenvalue weighted by atomic mass is 10.0. The number of nitrogens with zero attached hydrogens (tertiary/aromatic N) is 1. The predicted octanol–water partition coefficient (Wildman–Crippen LogP) is 6.63. The fraction of sp³-hybridized carbons (Fsp3) is 0.207. The molecule has 0 saturated heterocycles. The number of aromatic nitrogens is 1. The zero-order valence-corrected chi connectivity index (χ0v) is 22.5. The summed E-state index contributed by atoms with van der Waals surface area (Å²) >= 11 is 10.4. The molecule has 0 radical (unpaired) electrons. The van der Waals surface area contributed by atoms with Gasteiger partial charge >= 0.3 is 0 Å². The molecule has 0 aliphatic carbocycles. The first-order chi connectivity index (χ1) is 17.7. The van der Waals surface area contributed by atoms with E-state index in [1.165, 1.54) is 0 Å². The van der Waals surface area contributed by atoms with Crippen LogP contribution in [0.15, 0.2) is 89.7 Å². The van der Waals surface area contributed by atoms with Crippen LogP contribution in [0.2, 0.25) is 5.02 Å². The second-order valence-electron chi connectivity index (χ2n) is 8.25.